The number of carboxylic acid groups (broad SMARTS) is 1. The van der Waals surface area contributed by atoms with Crippen molar-refractivity contribution in [3.8, 4) is 5.75 Å². The average Bonchev–Trinajstić information content (AvgIpc) is 2.33. The van der Waals surface area contributed by atoms with E-state index in [9.17, 15) is 9.59 Å². The lowest BCUT2D eigenvalue weighted by molar-refractivity contribution is -0.138. The number of aliphatic carboxylic acids is 1. The first kappa shape index (κ1) is 15.0. The highest BCUT2D eigenvalue weighted by molar-refractivity contribution is 5.80. The van der Waals surface area contributed by atoms with Gasteiger partial charge in [-0.25, -0.2) is 0 Å². The van der Waals surface area contributed by atoms with Gasteiger partial charge in [-0.1, -0.05) is 17.7 Å². The zero-order valence-electron chi connectivity index (χ0n) is 11.4. The van der Waals surface area contributed by atoms with Crippen molar-refractivity contribution >= 4 is 11.9 Å². The fourth-order valence-electron chi connectivity index (χ4n) is 1.97. The van der Waals surface area contributed by atoms with Crippen LogP contribution in [0.3, 0.4) is 0 Å². The van der Waals surface area contributed by atoms with Crippen LogP contribution in [0, 0.1) is 13.8 Å². The van der Waals surface area contributed by atoms with E-state index in [1.165, 1.54) is 0 Å². The van der Waals surface area contributed by atoms with Crippen LogP contribution >= 0.6 is 0 Å². The maximum absolute atomic E-state index is 11.5. The van der Waals surface area contributed by atoms with E-state index < -0.39 is 5.97 Å². The van der Waals surface area contributed by atoms with Crippen molar-refractivity contribution in [2.45, 2.75) is 33.2 Å². The van der Waals surface area contributed by atoms with Crippen LogP contribution in [0.15, 0.2) is 12.1 Å². The molecule has 0 atom stereocenters. The van der Waals surface area contributed by atoms with Crippen LogP contribution in [-0.2, 0) is 16.1 Å². The molecule has 0 aromatic heterocycles. The van der Waals surface area contributed by atoms with Crippen LogP contribution in [-0.4, -0.2) is 24.1 Å². The minimum absolute atomic E-state index is 0.0115. The van der Waals surface area contributed by atoms with E-state index in [4.69, 9.17) is 9.84 Å². The molecule has 0 bridgehead atoms. The third kappa shape index (κ3) is 4.62. The Balaban J connectivity index is 2.67. The van der Waals surface area contributed by atoms with Crippen molar-refractivity contribution in [3.05, 3.63) is 28.8 Å². The van der Waals surface area contributed by atoms with Gasteiger partial charge in [0.2, 0.25) is 5.91 Å². The number of carboxylic acids is 1. The maximum Gasteiger partial charge on any atom is 0.303 e. The molecule has 1 amide bonds. The second-order valence-electron chi connectivity index (χ2n) is 4.44. The molecule has 0 aliphatic rings. The van der Waals surface area contributed by atoms with E-state index in [0.29, 0.717) is 6.54 Å². The summed E-state index contributed by atoms with van der Waals surface area (Å²) < 4.78 is 5.32. The minimum Gasteiger partial charge on any atom is -0.496 e. The van der Waals surface area contributed by atoms with Gasteiger partial charge in [0.25, 0.3) is 0 Å². The Kier molecular flexibility index (Phi) is 5.36. The highest BCUT2D eigenvalue weighted by Gasteiger charge is 2.10. The fourth-order valence-corrected chi connectivity index (χ4v) is 1.97. The molecule has 0 unspecified atom stereocenters. The van der Waals surface area contributed by atoms with Gasteiger partial charge in [-0.2, -0.15) is 0 Å². The maximum atomic E-state index is 11.5. The van der Waals surface area contributed by atoms with E-state index >= 15 is 0 Å². The predicted molar refractivity (Wildman–Crippen MR) is 71.2 cm³/mol. The summed E-state index contributed by atoms with van der Waals surface area (Å²) in [6.07, 6.45) is -0.168. The lowest BCUT2D eigenvalue weighted by Crippen LogP contribution is -2.23. The van der Waals surface area contributed by atoms with E-state index in [0.717, 1.165) is 22.4 Å². The number of nitrogens with one attached hydrogen (secondary N) is 1. The molecule has 1 aromatic carbocycles. The van der Waals surface area contributed by atoms with Gasteiger partial charge in [0.05, 0.1) is 13.5 Å². The summed E-state index contributed by atoms with van der Waals surface area (Å²) in [5.41, 5.74) is 2.99. The molecule has 0 saturated carbocycles. The normalized spacial score (nSPS) is 10.1. The molecule has 0 fully saturated rings. The number of aryl methyl sites for hydroxylation is 2. The first-order chi connectivity index (χ1) is 8.93. The molecule has 0 heterocycles. The number of methoxy groups -OCH3 is 1. The molecule has 104 valence electrons. The lowest BCUT2D eigenvalue weighted by atomic mass is 10.1. The molecule has 5 heteroatoms. The minimum atomic E-state index is -0.973. The standard InChI is InChI=1S/C14H19NO4/c1-9-6-10(2)14(19-3)11(7-9)8-15-12(16)4-5-13(17)18/h6-7H,4-5,8H2,1-3H3,(H,15,16)(H,17,18). The van der Waals surface area contributed by atoms with E-state index in [1.807, 2.05) is 26.0 Å². The third-order valence-electron chi connectivity index (χ3n) is 2.74. The Morgan fingerprint density at radius 3 is 2.53 bits per heavy atom. The van der Waals surface area contributed by atoms with Crippen molar-refractivity contribution in [2.24, 2.45) is 0 Å². The number of hydrogen-bond acceptors (Lipinski definition) is 3. The molecular weight excluding hydrogens is 246 g/mol. The fraction of sp³-hybridized carbons (Fsp3) is 0.429. The van der Waals surface area contributed by atoms with Gasteiger partial charge in [-0.05, 0) is 19.4 Å². The number of ether oxygens (including phenoxy) is 1. The smallest absolute Gasteiger partial charge is 0.303 e. The monoisotopic (exact) mass is 265 g/mol. The number of carbonyl (C=O) groups is 2. The van der Waals surface area contributed by atoms with Gasteiger partial charge in [0.1, 0.15) is 5.75 Å². The number of carbonyl (C=O) groups excluding carboxylic acids is 1. The Morgan fingerprint density at radius 2 is 1.95 bits per heavy atom. The summed E-state index contributed by atoms with van der Waals surface area (Å²) in [6, 6.07) is 3.96. The second-order valence-corrected chi connectivity index (χ2v) is 4.44. The molecule has 2 N–H and O–H groups in total. The molecule has 5 nitrogen and oxygen atoms in total. The second kappa shape index (κ2) is 6.78. The van der Waals surface area contributed by atoms with Gasteiger partial charge < -0.3 is 15.2 Å². The molecule has 1 aromatic rings. The van der Waals surface area contributed by atoms with Crippen LogP contribution in [0.2, 0.25) is 0 Å². The molecule has 0 radical (unpaired) electrons. The van der Waals surface area contributed by atoms with Gasteiger partial charge >= 0.3 is 5.97 Å². The Labute approximate surface area is 112 Å². The summed E-state index contributed by atoms with van der Waals surface area (Å²) in [5, 5.41) is 11.2. The van der Waals surface area contributed by atoms with Crippen LogP contribution in [0.4, 0.5) is 0 Å². The molecule has 0 aliphatic heterocycles. The highest BCUT2D eigenvalue weighted by atomic mass is 16.5. The summed E-state index contributed by atoms with van der Waals surface area (Å²) in [4.78, 5) is 21.8. The number of hydrogen-bond donors (Lipinski definition) is 2. The van der Waals surface area contributed by atoms with Crippen molar-refractivity contribution in [1.82, 2.24) is 5.32 Å². The molecule has 0 spiro atoms. The van der Waals surface area contributed by atoms with Gasteiger partial charge in [0.15, 0.2) is 0 Å². The molecular formula is C14H19NO4. The van der Waals surface area contributed by atoms with E-state index in [-0.39, 0.29) is 18.7 Å². The summed E-state index contributed by atoms with van der Waals surface area (Å²) in [6.45, 7) is 4.26. The Hall–Kier alpha value is -2.04. The Morgan fingerprint density at radius 1 is 1.26 bits per heavy atom. The first-order valence-electron chi connectivity index (χ1n) is 6.06. The summed E-state index contributed by atoms with van der Waals surface area (Å²) >= 11 is 0. The summed E-state index contributed by atoms with van der Waals surface area (Å²) in [5.74, 6) is -0.494. The van der Waals surface area contributed by atoms with Crippen molar-refractivity contribution in [3.63, 3.8) is 0 Å². The van der Waals surface area contributed by atoms with Crippen molar-refractivity contribution in [2.75, 3.05) is 7.11 Å². The van der Waals surface area contributed by atoms with Crippen LogP contribution < -0.4 is 10.1 Å². The quantitative estimate of drug-likeness (QED) is 0.822. The van der Waals surface area contributed by atoms with E-state index in [1.54, 1.807) is 7.11 Å². The SMILES string of the molecule is COc1c(C)cc(C)cc1CNC(=O)CCC(=O)O. The van der Waals surface area contributed by atoms with Gasteiger partial charge in [-0.3, -0.25) is 9.59 Å². The zero-order valence-corrected chi connectivity index (χ0v) is 11.4. The van der Waals surface area contributed by atoms with Gasteiger partial charge in [0, 0.05) is 18.5 Å². The number of benzene rings is 1. The number of amides is 1. The zero-order chi connectivity index (χ0) is 14.4. The van der Waals surface area contributed by atoms with Crippen LogP contribution in [0.1, 0.15) is 29.5 Å². The third-order valence-corrected chi connectivity index (χ3v) is 2.74. The molecule has 19 heavy (non-hydrogen) atoms. The van der Waals surface area contributed by atoms with Crippen molar-refractivity contribution in [1.29, 1.82) is 0 Å². The van der Waals surface area contributed by atoms with Crippen LogP contribution in [0.5, 0.6) is 5.75 Å². The van der Waals surface area contributed by atoms with Gasteiger partial charge in [-0.15, -0.1) is 0 Å². The molecule has 0 saturated heterocycles. The summed E-state index contributed by atoms with van der Waals surface area (Å²) in [7, 11) is 1.59. The largest absolute Gasteiger partial charge is 0.496 e. The highest BCUT2D eigenvalue weighted by Crippen LogP contribution is 2.24. The lowest BCUT2D eigenvalue weighted by Gasteiger charge is -2.13. The molecule has 1 rings (SSSR count). The Bertz CT molecular complexity index is 483. The topological polar surface area (TPSA) is 75.6 Å². The van der Waals surface area contributed by atoms with Crippen molar-refractivity contribution < 1.29 is 19.4 Å². The van der Waals surface area contributed by atoms with E-state index in [2.05, 4.69) is 5.32 Å². The average molecular weight is 265 g/mol. The first-order valence-corrected chi connectivity index (χ1v) is 6.06. The molecule has 0 aliphatic carbocycles. The number of rotatable bonds is 6. The predicted octanol–water partition coefficient (Wildman–Crippen LogP) is 1.79. The van der Waals surface area contributed by atoms with Crippen LogP contribution in [0.25, 0.3) is 0 Å².